The van der Waals surface area contributed by atoms with Crippen LogP contribution in [0.5, 0.6) is 11.5 Å². The quantitative estimate of drug-likeness (QED) is 0.305. The van der Waals surface area contributed by atoms with E-state index in [1.807, 2.05) is 39.0 Å². The molecule has 7 heteroatoms. The van der Waals surface area contributed by atoms with E-state index in [0.29, 0.717) is 29.9 Å². The first-order valence-corrected chi connectivity index (χ1v) is 10.1. The van der Waals surface area contributed by atoms with E-state index in [4.69, 9.17) is 4.74 Å². The number of allylic oxidation sites excluding steroid dienone is 1. The number of carbonyl (C=O) groups is 2. The minimum atomic E-state index is -0.373. The number of anilines is 1. The molecule has 0 bridgehead atoms. The molecule has 164 valence electrons. The summed E-state index contributed by atoms with van der Waals surface area (Å²) in [7, 11) is 0. The number of hydrogen-bond donors (Lipinski definition) is 3. The summed E-state index contributed by atoms with van der Waals surface area (Å²) in [5.41, 5.74) is 6.56. The molecule has 7 nitrogen and oxygen atoms in total. The van der Waals surface area contributed by atoms with Crippen LogP contribution in [0.15, 0.2) is 48.1 Å². The highest BCUT2D eigenvalue weighted by molar-refractivity contribution is 5.94. The number of aromatic hydroxyl groups is 1. The fraction of sp³-hybridized carbons (Fsp3) is 0.292. The number of nitrogens with one attached hydrogen (secondary N) is 2. The number of amides is 2. The number of nitrogens with zero attached hydrogens (tertiary/aromatic N) is 1. The van der Waals surface area contributed by atoms with Crippen LogP contribution in [0.3, 0.4) is 0 Å². The van der Waals surface area contributed by atoms with E-state index in [2.05, 4.69) is 22.4 Å². The van der Waals surface area contributed by atoms with E-state index in [1.165, 1.54) is 6.21 Å². The van der Waals surface area contributed by atoms with Crippen molar-refractivity contribution in [2.24, 2.45) is 5.10 Å². The van der Waals surface area contributed by atoms with Gasteiger partial charge in [0.2, 0.25) is 11.8 Å². The Balaban J connectivity index is 1.91. The largest absolute Gasteiger partial charge is 0.504 e. The Kier molecular flexibility index (Phi) is 8.81. The number of hydrazone groups is 1. The number of hydrogen-bond acceptors (Lipinski definition) is 5. The molecule has 0 fully saturated rings. The molecular weight excluding hydrogens is 394 g/mol. The predicted octanol–water partition coefficient (Wildman–Crippen LogP) is 4.01. The fourth-order valence-electron chi connectivity index (χ4n) is 2.90. The van der Waals surface area contributed by atoms with Crippen molar-refractivity contribution >= 4 is 23.7 Å². The molecular formula is C24H29N3O4. The molecule has 0 aromatic heterocycles. The summed E-state index contributed by atoms with van der Waals surface area (Å²) >= 11 is 0. The minimum absolute atomic E-state index is 0.00945. The topological polar surface area (TPSA) is 100 Å². The first-order chi connectivity index (χ1) is 14.8. The van der Waals surface area contributed by atoms with Crippen molar-refractivity contribution < 1.29 is 19.4 Å². The van der Waals surface area contributed by atoms with Crippen LogP contribution < -0.4 is 15.5 Å². The molecule has 2 rings (SSSR count). The first-order valence-electron chi connectivity index (χ1n) is 10.1. The SMILES string of the molecule is C=CCc1cc(/C=N/NC(=O)CCC(=O)Nc2cccc(C)c2C)cc(OCC)c1O. The van der Waals surface area contributed by atoms with Crippen LogP contribution >= 0.6 is 0 Å². The molecule has 0 aliphatic rings. The predicted molar refractivity (Wildman–Crippen MR) is 123 cm³/mol. The van der Waals surface area contributed by atoms with Gasteiger partial charge in [0.15, 0.2) is 11.5 Å². The van der Waals surface area contributed by atoms with Crippen molar-refractivity contribution in [1.29, 1.82) is 0 Å². The maximum atomic E-state index is 12.1. The molecule has 0 heterocycles. The van der Waals surface area contributed by atoms with Crippen LogP contribution in [0.1, 0.15) is 42.0 Å². The molecule has 0 atom stereocenters. The second-order valence-electron chi connectivity index (χ2n) is 7.04. The number of carbonyl (C=O) groups excluding carboxylic acids is 2. The number of rotatable bonds is 10. The summed E-state index contributed by atoms with van der Waals surface area (Å²) in [5, 5.41) is 17.0. The van der Waals surface area contributed by atoms with Gasteiger partial charge in [-0.15, -0.1) is 6.58 Å². The molecule has 31 heavy (non-hydrogen) atoms. The Morgan fingerprint density at radius 1 is 1.19 bits per heavy atom. The van der Waals surface area contributed by atoms with Crippen molar-refractivity contribution in [2.75, 3.05) is 11.9 Å². The van der Waals surface area contributed by atoms with Crippen molar-refractivity contribution in [1.82, 2.24) is 5.43 Å². The Morgan fingerprint density at radius 3 is 2.65 bits per heavy atom. The monoisotopic (exact) mass is 423 g/mol. The second-order valence-corrected chi connectivity index (χ2v) is 7.04. The van der Waals surface area contributed by atoms with Crippen LogP contribution in [-0.4, -0.2) is 29.7 Å². The average molecular weight is 424 g/mol. The van der Waals surface area contributed by atoms with Crippen LogP contribution in [0.25, 0.3) is 0 Å². The molecule has 2 amide bonds. The van der Waals surface area contributed by atoms with Crippen LogP contribution in [0.4, 0.5) is 5.69 Å². The lowest BCUT2D eigenvalue weighted by molar-refractivity contribution is -0.124. The number of benzene rings is 2. The lowest BCUT2D eigenvalue weighted by Crippen LogP contribution is -2.21. The van der Waals surface area contributed by atoms with Crippen molar-refractivity contribution in [3.8, 4) is 11.5 Å². The minimum Gasteiger partial charge on any atom is -0.504 e. The fourth-order valence-corrected chi connectivity index (χ4v) is 2.90. The standard InChI is InChI=1S/C24H29N3O4/c1-5-8-19-13-18(14-21(24(19)30)31-6-2)15-25-27-23(29)12-11-22(28)26-20-10-7-9-16(3)17(20)4/h5,7,9-10,13-15,30H,1,6,8,11-12H2,2-4H3,(H,26,28)(H,27,29)/b25-15+. The lowest BCUT2D eigenvalue weighted by Gasteiger charge is -2.11. The summed E-state index contributed by atoms with van der Waals surface area (Å²) < 4.78 is 5.44. The Labute approximate surface area is 182 Å². The zero-order valence-corrected chi connectivity index (χ0v) is 18.2. The van der Waals surface area contributed by atoms with Gasteiger partial charge in [0.1, 0.15) is 0 Å². The van der Waals surface area contributed by atoms with Gasteiger partial charge >= 0.3 is 0 Å². The number of aryl methyl sites for hydroxylation is 1. The van der Waals surface area contributed by atoms with Gasteiger partial charge in [-0.3, -0.25) is 9.59 Å². The molecule has 0 unspecified atom stereocenters. The summed E-state index contributed by atoms with van der Waals surface area (Å²) in [5.74, 6) is -0.195. The second kappa shape index (κ2) is 11.5. The molecule has 0 aliphatic carbocycles. The van der Waals surface area contributed by atoms with Gasteiger partial charge in [-0.05, 0) is 62.1 Å². The summed E-state index contributed by atoms with van der Waals surface area (Å²) in [4.78, 5) is 24.2. The van der Waals surface area contributed by atoms with E-state index < -0.39 is 0 Å². The van der Waals surface area contributed by atoms with E-state index in [0.717, 1.165) is 16.8 Å². The van der Waals surface area contributed by atoms with Gasteiger partial charge in [-0.2, -0.15) is 5.10 Å². The third-order valence-electron chi connectivity index (χ3n) is 4.70. The number of phenols is 1. The van der Waals surface area contributed by atoms with Gasteiger partial charge in [0.25, 0.3) is 0 Å². The Morgan fingerprint density at radius 2 is 1.94 bits per heavy atom. The highest BCUT2D eigenvalue weighted by Crippen LogP contribution is 2.31. The molecule has 0 spiro atoms. The zero-order chi connectivity index (χ0) is 22.8. The first kappa shape index (κ1) is 23.7. The summed E-state index contributed by atoms with van der Waals surface area (Å²) in [6, 6.07) is 9.06. The van der Waals surface area contributed by atoms with Crippen LogP contribution in [0, 0.1) is 13.8 Å². The molecule has 0 saturated carbocycles. The molecule has 2 aromatic carbocycles. The summed E-state index contributed by atoms with van der Waals surface area (Å²) in [6.45, 7) is 9.82. The third-order valence-corrected chi connectivity index (χ3v) is 4.70. The lowest BCUT2D eigenvalue weighted by atomic mass is 10.1. The van der Waals surface area contributed by atoms with Gasteiger partial charge < -0.3 is 15.2 Å². The zero-order valence-electron chi connectivity index (χ0n) is 18.2. The molecule has 0 aliphatic heterocycles. The normalized spacial score (nSPS) is 10.7. The van der Waals surface area contributed by atoms with Crippen molar-refractivity contribution in [3.63, 3.8) is 0 Å². The molecule has 0 saturated heterocycles. The average Bonchev–Trinajstić information content (AvgIpc) is 2.73. The molecule has 2 aromatic rings. The van der Waals surface area contributed by atoms with E-state index in [-0.39, 0.29) is 30.4 Å². The van der Waals surface area contributed by atoms with E-state index in [9.17, 15) is 14.7 Å². The number of ether oxygens (including phenoxy) is 1. The van der Waals surface area contributed by atoms with Crippen molar-refractivity contribution in [3.05, 3.63) is 65.2 Å². The molecule has 0 radical (unpaired) electrons. The van der Waals surface area contributed by atoms with Gasteiger partial charge in [0, 0.05) is 24.1 Å². The van der Waals surface area contributed by atoms with Crippen molar-refractivity contribution in [2.45, 2.75) is 40.0 Å². The van der Waals surface area contributed by atoms with Gasteiger partial charge in [-0.1, -0.05) is 18.2 Å². The molecule has 3 N–H and O–H groups in total. The van der Waals surface area contributed by atoms with Crippen LogP contribution in [-0.2, 0) is 16.0 Å². The van der Waals surface area contributed by atoms with Gasteiger partial charge in [-0.25, -0.2) is 5.43 Å². The Bertz CT molecular complexity index is 983. The Hall–Kier alpha value is -3.61. The van der Waals surface area contributed by atoms with E-state index >= 15 is 0 Å². The van der Waals surface area contributed by atoms with Crippen LogP contribution in [0.2, 0.25) is 0 Å². The number of phenolic OH excluding ortho intramolecular Hbond substituents is 1. The summed E-state index contributed by atoms with van der Waals surface area (Å²) in [6.07, 6.45) is 3.66. The van der Waals surface area contributed by atoms with Gasteiger partial charge in [0.05, 0.1) is 12.8 Å². The smallest absolute Gasteiger partial charge is 0.240 e. The highest BCUT2D eigenvalue weighted by Gasteiger charge is 2.11. The van der Waals surface area contributed by atoms with E-state index in [1.54, 1.807) is 18.2 Å². The maximum Gasteiger partial charge on any atom is 0.240 e. The maximum absolute atomic E-state index is 12.1. The highest BCUT2D eigenvalue weighted by atomic mass is 16.5. The third kappa shape index (κ3) is 6.99.